The van der Waals surface area contributed by atoms with Crippen molar-refractivity contribution < 1.29 is 14.3 Å². The van der Waals surface area contributed by atoms with E-state index in [4.69, 9.17) is 9.72 Å². The van der Waals surface area contributed by atoms with Crippen LogP contribution in [0.5, 0.6) is 0 Å². The van der Waals surface area contributed by atoms with Crippen molar-refractivity contribution >= 4 is 22.8 Å². The van der Waals surface area contributed by atoms with Crippen molar-refractivity contribution in [1.29, 1.82) is 0 Å². The number of ether oxygens (including phenoxy) is 1. The Bertz CT molecular complexity index is 1010. The molecule has 0 bridgehead atoms. The second-order valence-electron chi connectivity index (χ2n) is 6.97. The minimum absolute atomic E-state index is 0.0189. The molecule has 1 aromatic carbocycles. The van der Waals surface area contributed by atoms with E-state index in [1.54, 1.807) is 24.5 Å². The van der Waals surface area contributed by atoms with Crippen LogP contribution in [-0.4, -0.2) is 57.6 Å². The largest absolute Gasteiger partial charge is 0.378 e. The smallest absolute Gasteiger partial charge is 0.251 e. The Hall–Kier alpha value is -3.26. The lowest BCUT2D eigenvalue weighted by Crippen LogP contribution is -2.42. The SMILES string of the molecule is CC(NC(=O)c1ccncc1)c1nc2ccccc2n1CC(=O)N1CCOCC1. The molecule has 1 fully saturated rings. The second kappa shape index (κ2) is 8.40. The summed E-state index contributed by atoms with van der Waals surface area (Å²) in [7, 11) is 0. The van der Waals surface area contributed by atoms with Gasteiger partial charge in [0.2, 0.25) is 5.91 Å². The molecular weight excluding hydrogens is 370 g/mol. The second-order valence-corrected chi connectivity index (χ2v) is 6.97. The van der Waals surface area contributed by atoms with Gasteiger partial charge in [-0.1, -0.05) is 12.1 Å². The maximum atomic E-state index is 12.9. The molecule has 3 heterocycles. The highest BCUT2D eigenvalue weighted by atomic mass is 16.5. The average Bonchev–Trinajstić information content (AvgIpc) is 3.13. The molecule has 1 aliphatic heterocycles. The molecule has 1 atom stereocenters. The van der Waals surface area contributed by atoms with Crippen LogP contribution in [-0.2, 0) is 16.1 Å². The van der Waals surface area contributed by atoms with Gasteiger partial charge < -0.3 is 19.5 Å². The first kappa shape index (κ1) is 19.1. The van der Waals surface area contributed by atoms with Crippen LogP contribution in [0.4, 0.5) is 0 Å². The Morgan fingerprint density at radius 1 is 1.14 bits per heavy atom. The molecule has 8 nitrogen and oxygen atoms in total. The van der Waals surface area contributed by atoms with E-state index in [2.05, 4.69) is 10.3 Å². The summed E-state index contributed by atoms with van der Waals surface area (Å²) in [5, 5.41) is 2.97. The summed E-state index contributed by atoms with van der Waals surface area (Å²) in [6.45, 7) is 4.34. The number of fused-ring (bicyclic) bond motifs is 1. The van der Waals surface area contributed by atoms with Gasteiger partial charge in [-0.15, -0.1) is 0 Å². The van der Waals surface area contributed by atoms with Crippen molar-refractivity contribution in [1.82, 2.24) is 24.8 Å². The van der Waals surface area contributed by atoms with E-state index in [0.29, 0.717) is 37.7 Å². The van der Waals surface area contributed by atoms with Crippen molar-refractivity contribution in [2.75, 3.05) is 26.3 Å². The van der Waals surface area contributed by atoms with Crippen molar-refractivity contribution in [3.8, 4) is 0 Å². The topological polar surface area (TPSA) is 89.3 Å². The minimum atomic E-state index is -0.374. The Morgan fingerprint density at radius 2 is 1.86 bits per heavy atom. The highest BCUT2D eigenvalue weighted by molar-refractivity contribution is 5.94. The third kappa shape index (κ3) is 4.12. The molecule has 4 rings (SSSR count). The molecule has 1 aliphatic rings. The van der Waals surface area contributed by atoms with E-state index >= 15 is 0 Å². The van der Waals surface area contributed by atoms with Gasteiger partial charge in [-0.2, -0.15) is 0 Å². The number of hydrogen-bond acceptors (Lipinski definition) is 5. The number of para-hydroxylation sites is 2. The third-order valence-electron chi connectivity index (χ3n) is 5.02. The molecule has 1 saturated heterocycles. The van der Waals surface area contributed by atoms with Crippen LogP contribution in [0, 0.1) is 0 Å². The summed E-state index contributed by atoms with van der Waals surface area (Å²) in [5.74, 6) is 0.457. The first-order chi connectivity index (χ1) is 14.1. The Morgan fingerprint density at radius 3 is 2.62 bits per heavy atom. The quantitative estimate of drug-likeness (QED) is 0.714. The third-order valence-corrected chi connectivity index (χ3v) is 5.02. The summed E-state index contributed by atoms with van der Waals surface area (Å²) in [4.78, 5) is 35.9. The maximum Gasteiger partial charge on any atom is 0.251 e. The van der Waals surface area contributed by atoms with Gasteiger partial charge in [0.25, 0.3) is 5.91 Å². The van der Waals surface area contributed by atoms with Crippen molar-refractivity contribution in [3.05, 3.63) is 60.2 Å². The Balaban J connectivity index is 1.60. The van der Waals surface area contributed by atoms with E-state index in [1.807, 2.05) is 40.7 Å². The summed E-state index contributed by atoms with van der Waals surface area (Å²) < 4.78 is 7.23. The zero-order valence-corrected chi connectivity index (χ0v) is 16.2. The van der Waals surface area contributed by atoms with Crippen LogP contribution in [0.2, 0.25) is 0 Å². The highest BCUT2D eigenvalue weighted by Gasteiger charge is 2.23. The van der Waals surface area contributed by atoms with E-state index in [1.165, 1.54) is 0 Å². The average molecular weight is 393 g/mol. The van der Waals surface area contributed by atoms with Gasteiger partial charge >= 0.3 is 0 Å². The zero-order chi connectivity index (χ0) is 20.2. The first-order valence-corrected chi connectivity index (χ1v) is 9.65. The number of nitrogens with zero attached hydrogens (tertiary/aromatic N) is 4. The van der Waals surface area contributed by atoms with Gasteiger partial charge in [0.15, 0.2) is 0 Å². The van der Waals surface area contributed by atoms with Crippen molar-refractivity contribution in [2.24, 2.45) is 0 Å². The van der Waals surface area contributed by atoms with E-state index < -0.39 is 0 Å². The molecule has 8 heteroatoms. The summed E-state index contributed by atoms with van der Waals surface area (Å²) in [6.07, 6.45) is 3.16. The monoisotopic (exact) mass is 393 g/mol. The molecule has 2 aromatic heterocycles. The molecule has 0 saturated carbocycles. The number of pyridine rings is 1. The van der Waals surface area contributed by atoms with Crippen LogP contribution in [0.1, 0.15) is 29.1 Å². The lowest BCUT2D eigenvalue weighted by molar-refractivity contribution is -0.135. The molecule has 150 valence electrons. The van der Waals surface area contributed by atoms with Crippen LogP contribution in [0.25, 0.3) is 11.0 Å². The summed E-state index contributed by atoms with van der Waals surface area (Å²) in [6, 6.07) is 10.6. The fourth-order valence-corrected chi connectivity index (χ4v) is 3.49. The van der Waals surface area contributed by atoms with Gasteiger partial charge in [-0.25, -0.2) is 4.98 Å². The van der Waals surface area contributed by atoms with Gasteiger partial charge in [0.1, 0.15) is 12.4 Å². The molecule has 1 unspecified atom stereocenters. The van der Waals surface area contributed by atoms with Gasteiger partial charge in [0, 0.05) is 31.0 Å². The Kier molecular flexibility index (Phi) is 5.53. The number of rotatable bonds is 5. The van der Waals surface area contributed by atoms with Gasteiger partial charge in [-0.3, -0.25) is 14.6 Å². The fourth-order valence-electron chi connectivity index (χ4n) is 3.49. The highest BCUT2D eigenvalue weighted by Crippen LogP contribution is 2.21. The van der Waals surface area contributed by atoms with E-state index in [0.717, 1.165) is 11.0 Å². The number of amides is 2. The van der Waals surface area contributed by atoms with Crippen molar-refractivity contribution in [2.45, 2.75) is 19.5 Å². The normalized spacial score (nSPS) is 15.3. The molecule has 3 aromatic rings. The molecule has 1 N–H and O–H groups in total. The van der Waals surface area contributed by atoms with Crippen molar-refractivity contribution in [3.63, 3.8) is 0 Å². The Labute approximate surface area is 168 Å². The zero-order valence-electron chi connectivity index (χ0n) is 16.2. The predicted molar refractivity (Wildman–Crippen MR) is 107 cm³/mol. The first-order valence-electron chi connectivity index (χ1n) is 9.65. The molecule has 0 radical (unpaired) electrons. The number of carbonyl (C=O) groups is 2. The van der Waals surface area contributed by atoms with E-state index in [9.17, 15) is 9.59 Å². The number of imidazole rings is 1. The van der Waals surface area contributed by atoms with Gasteiger partial charge in [0.05, 0.1) is 30.3 Å². The number of aromatic nitrogens is 3. The number of hydrogen-bond donors (Lipinski definition) is 1. The lowest BCUT2D eigenvalue weighted by Gasteiger charge is -2.27. The molecule has 0 aliphatic carbocycles. The number of carbonyl (C=O) groups excluding carboxylic acids is 2. The number of nitrogens with one attached hydrogen (secondary N) is 1. The molecule has 2 amide bonds. The summed E-state index contributed by atoms with van der Waals surface area (Å²) in [5.41, 5.74) is 2.19. The van der Waals surface area contributed by atoms with E-state index in [-0.39, 0.29) is 24.4 Å². The number of benzene rings is 1. The predicted octanol–water partition coefficient (Wildman–Crippen LogP) is 1.78. The fraction of sp³-hybridized carbons (Fsp3) is 0.333. The minimum Gasteiger partial charge on any atom is -0.378 e. The molecule has 29 heavy (non-hydrogen) atoms. The van der Waals surface area contributed by atoms with Crippen LogP contribution >= 0.6 is 0 Å². The van der Waals surface area contributed by atoms with Crippen LogP contribution in [0.3, 0.4) is 0 Å². The maximum absolute atomic E-state index is 12.9. The molecule has 0 spiro atoms. The number of morpholine rings is 1. The standard InChI is InChI=1S/C21H23N5O3/c1-15(23-21(28)16-6-8-22-9-7-16)20-24-17-4-2-3-5-18(17)26(20)14-19(27)25-10-12-29-13-11-25/h2-9,15H,10-14H2,1H3,(H,23,28). The van der Waals surface area contributed by atoms with Crippen LogP contribution in [0.15, 0.2) is 48.8 Å². The lowest BCUT2D eigenvalue weighted by atomic mass is 10.2. The summed E-state index contributed by atoms with van der Waals surface area (Å²) >= 11 is 0. The van der Waals surface area contributed by atoms with Crippen LogP contribution < -0.4 is 5.32 Å². The molecular formula is C21H23N5O3. The van der Waals surface area contributed by atoms with Gasteiger partial charge in [-0.05, 0) is 31.2 Å².